The van der Waals surface area contributed by atoms with E-state index < -0.39 is 5.79 Å². The summed E-state index contributed by atoms with van der Waals surface area (Å²) in [6, 6.07) is 13.1. The quantitative estimate of drug-likeness (QED) is 0.411. The smallest absolute Gasteiger partial charge is 0.163 e. The molecule has 35 heavy (non-hydrogen) atoms. The van der Waals surface area contributed by atoms with Crippen molar-refractivity contribution >= 4 is 27.8 Å². The number of anilines is 1. The number of nitrogens with zero attached hydrogens (tertiary/aromatic N) is 4. The van der Waals surface area contributed by atoms with E-state index in [0.717, 1.165) is 59.1 Å². The van der Waals surface area contributed by atoms with Crippen molar-refractivity contribution in [1.29, 1.82) is 0 Å². The van der Waals surface area contributed by atoms with Gasteiger partial charge in [0.1, 0.15) is 23.9 Å². The van der Waals surface area contributed by atoms with Gasteiger partial charge in [-0.05, 0) is 75.3 Å². The van der Waals surface area contributed by atoms with Gasteiger partial charge in [0.15, 0.2) is 5.79 Å². The summed E-state index contributed by atoms with van der Waals surface area (Å²) in [6.45, 7) is 6.19. The molecule has 1 aliphatic carbocycles. The molecule has 1 aromatic carbocycles. The van der Waals surface area contributed by atoms with Gasteiger partial charge in [0, 0.05) is 24.0 Å². The SMILES string of the molecule is CCc1ncnc2c1ccn2[C@@H]1C[C@H](CCc2ccc3ccc(NC)nc3c2)[C@H]2OC(C)(C)O[C@H]21. The number of fused-ring (bicyclic) bond motifs is 3. The third kappa shape index (κ3) is 3.96. The van der Waals surface area contributed by atoms with Crippen LogP contribution in [0.1, 0.15) is 50.9 Å². The summed E-state index contributed by atoms with van der Waals surface area (Å²) in [4.78, 5) is 13.8. The minimum atomic E-state index is -0.574. The van der Waals surface area contributed by atoms with Crippen LogP contribution in [0.15, 0.2) is 48.9 Å². The van der Waals surface area contributed by atoms with E-state index in [1.807, 2.05) is 27.0 Å². The Balaban J connectivity index is 1.26. The van der Waals surface area contributed by atoms with E-state index in [2.05, 4.69) is 63.3 Å². The number of aryl methyl sites for hydroxylation is 2. The zero-order valence-electron chi connectivity index (χ0n) is 20.9. The second-order valence-electron chi connectivity index (χ2n) is 10.3. The fourth-order valence-electron chi connectivity index (χ4n) is 5.99. The number of nitrogens with one attached hydrogen (secondary N) is 1. The zero-order chi connectivity index (χ0) is 24.2. The van der Waals surface area contributed by atoms with Crippen molar-refractivity contribution in [3.8, 4) is 0 Å². The van der Waals surface area contributed by atoms with Gasteiger partial charge in [0.25, 0.3) is 0 Å². The van der Waals surface area contributed by atoms with Crippen LogP contribution in [-0.2, 0) is 22.3 Å². The summed E-state index contributed by atoms with van der Waals surface area (Å²) >= 11 is 0. The number of hydrogen-bond donors (Lipinski definition) is 1. The van der Waals surface area contributed by atoms with Gasteiger partial charge in [-0.25, -0.2) is 15.0 Å². The summed E-state index contributed by atoms with van der Waals surface area (Å²) in [5.74, 6) is 0.725. The van der Waals surface area contributed by atoms with E-state index in [-0.39, 0.29) is 18.2 Å². The van der Waals surface area contributed by atoms with Crippen molar-refractivity contribution in [1.82, 2.24) is 19.5 Å². The molecule has 0 unspecified atom stereocenters. The molecule has 1 aliphatic heterocycles. The Morgan fingerprint density at radius 1 is 1.09 bits per heavy atom. The second-order valence-corrected chi connectivity index (χ2v) is 10.3. The molecule has 0 spiro atoms. The highest BCUT2D eigenvalue weighted by molar-refractivity contribution is 5.81. The highest BCUT2D eigenvalue weighted by Gasteiger charge is 2.54. The topological polar surface area (TPSA) is 74.1 Å². The van der Waals surface area contributed by atoms with E-state index in [1.165, 1.54) is 5.56 Å². The molecule has 3 aromatic heterocycles. The largest absolute Gasteiger partial charge is 0.373 e. The second kappa shape index (κ2) is 8.57. The molecular formula is C28H33N5O2. The van der Waals surface area contributed by atoms with Gasteiger partial charge in [-0.15, -0.1) is 0 Å². The number of hydrogen-bond acceptors (Lipinski definition) is 6. The number of ether oxygens (including phenoxy) is 2. The normalized spacial score (nSPS) is 25.4. The minimum absolute atomic E-state index is 0.0158. The number of rotatable bonds is 6. The van der Waals surface area contributed by atoms with Crippen LogP contribution in [0.5, 0.6) is 0 Å². The van der Waals surface area contributed by atoms with Crippen LogP contribution in [0.2, 0.25) is 0 Å². The molecule has 2 fully saturated rings. The number of benzene rings is 1. The molecule has 182 valence electrons. The summed E-state index contributed by atoms with van der Waals surface area (Å²) in [6.07, 6.45) is 7.87. The number of pyridine rings is 1. The Bertz CT molecular complexity index is 1380. The van der Waals surface area contributed by atoms with Crippen LogP contribution in [0.4, 0.5) is 5.82 Å². The van der Waals surface area contributed by atoms with E-state index in [0.29, 0.717) is 5.92 Å². The predicted octanol–water partition coefficient (Wildman–Crippen LogP) is 5.30. The molecule has 0 bridgehead atoms. The summed E-state index contributed by atoms with van der Waals surface area (Å²) in [5, 5.41) is 5.43. The third-order valence-corrected chi connectivity index (χ3v) is 7.65. The fraction of sp³-hybridized carbons (Fsp3) is 0.464. The lowest BCUT2D eigenvalue weighted by atomic mass is 9.95. The Labute approximate surface area is 205 Å². The molecule has 4 aromatic rings. The highest BCUT2D eigenvalue weighted by Crippen LogP contribution is 2.49. The van der Waals surface area contributed by atoms with E-state index in [1.54, 1.807) is 6.33 Å². The number of aromatic nitrogens is 4. The van der Waals surface area contributed by atoms with Gasteiger partial charge in [-0.1, -0.05) is 19.1 Å². The van der Waals surface area contributed by atoms with Crippen LogP contribution >= 0.6 is 0 Å². The average molecular weight is 472 g/mol. The Morgan fingerprint density at radius 2 is 1.91 bits per heavy atom. The average Bonchev–Trinajstić information content (AvgIpc) is 3.52. The summed E-state index contributed by atoms with van der Waals surface area (Å²) in [7, 11) is 1.90. The molecule has 1 N–H and O–H groups in total. The molecule has 0 amide bonds. The maximum atomic E-state index is 6.48. The van der Waals surface area contributed by atoms with Crippen molar-refractivity contribution in [2.45, 2.75) is 70.5 Å². The molecule has 6 rings (SSSR count). The van der Waals surface area contributed by atoms with Crippen LogP contribution < -0.4 is 5.32 Å². The lowest BCUT2D eigenvalue weighted by Crippen LogP contribution is -2.27. The van der Waals surface area contributed by atoms with Crippen molar-refractivity contribution in [3.05, 3.63) is 60.2 Å². The first kappa shape index (κ1) is 22.4. The Morgan fingerprint density at radius 3 is 2.74 bits per heavy atom. The fourth-order valence-corrected chi connectivity index (χ4v) is 5.99. The van der Waals surface area contributed by atoms with Crippen LogP contribution in [0, 0.1) is 5.92 Å². The predicted molar refractivity (Wildman–Crippen MR) is 137 cm³/mol. The molecule has 2 aliphatic rings. The van der Waals surface area contributed by atoms with E-state index >= 15 is 0 Å². The van der Waals surface area contributed by atoms with E-state index in [9.17, 15) is 0 Å². The zero-order valence-corrected chi connectivity index (χ0v) is 20.9. The monoisotopic (exact) mass is 471 g/mol. The lowest BCUT2D eigenvalue weighted by Gasteiger charge is -2.24. The molecule has 4 atom stereocenters. The van der Waals surface area contributed by atoms with Crippen LogP contribution in [-0.4, -0.2) is 44.6 Å². The van der Waals surface area contributed by atoms with Crippen molar-refractivity contribution < 1.29 is 9.47 Å². The molecule has 7 heteroatoms. The van der Waals surface area contributed by atoms with Gasteiger partial charge in [0.2, 0.25) is 0 Å². The molecular weight excluding hydrogens is 438 g/mol. The van der Waals surface area contributed by atoms with Crippen LogP contribution in [0.3, 0.4) is 0 Å². The first-order chi connectivity index (χ1) is 17.0. The van der Waals surface area contributed by atoms with Crippen molar-refractivity contribution in [2.24, 2.45) is 5.92 Å². The molecule has 1 saturated heterocycles. The molecule has 0 radical (unpaired) electrons. The maximum absolute atomic E-state index is 6.48. The standard InChI is InChI=1S/C28H33N5O2/c1-5-21-20-12-13-33(27(20)31-16-30-21)23-15-19(25-26(23)35-28(2,3)34-25)9-7-17-6-8-18-10-11-24(29-4)32-22(18)14-17/h6,8,10-14,16,19,23,25-26H,5,7,9,15H2,1-4H3,(H,29,32)/t19-,23+,25+,26-/m0/s1. The maximum Gasteiger partial charge on any atom is 0.163 e. The molecule has 4 heterocycles. The summed E-state index contributed by atoms with van der Waals surface area (Å²) in [5.41, 5.74) is 4.43. The van der Waals surface area contributed by atoms with Gasteiger partial charge < -0.3 is 19.4 Å². The Kier molecular flexibility index (Phi) is 5.49. The van der Waals surface area contributed by atoms with E-state index in [4.69, 9.17) is 14.5 Å². The molecule has 1 saturated carbocycles. The third-order valence-electron chi connectivity index (χ3n) is 7.65. The molecule has 7 nitrogen and oxygen atoms in total. The lowest BCUT2D eigenvalue weighted by molar-refractivity contribution is -0.160. The van der Waals surface area contributed by atoms with Gasteiger partial charge in [0.05, 0.1) is 23.4 Å². The van der Waals surface area contributed by atoms with Crippen molar-refractivity contribution in [3.63, 3.8) is 0 Å². The highest BCUT2D eigenvalue weighted by atomic mass is 16.8. The van der Waals surface area contributed by atoms with Gasteiger partial charge in [-0.3, -0.25) is 0 Å². The van der Waals surface area contributed by atoms with Gasteiger partial charge >= 0.3 is 0 Å². The minimum Gasteiger partial charge on any atom is -0.373 e. The summed E-state index contributed by atoms with van der Waals surface area (Å²) < 4.78 is 15.3. The van der Waals surface area contributed by atoms with Gasteiger partial charge in [-0.2, -0.15) is 0 Å². The van der Waals surface area contributed by atoms with Crippen molar-refractivity contribution in [2.75, 3.05) is 12.4 Å². The first-order valence-electron chi connectivity index (χ1n) is 12.7. The first-order valence-corrected chi connectivity index (χ1v) is 12.7. The van der Waals surface area contributed by atoms with Crippen LogP contribution in [0.25, 0.3) is 21.9 Å². The Hall–Kier alpha value is -3.03.